The summed E-state index contributed by atoms with van der Waals surface area (Å²) in [6.07, 6.45) is 0.890. The van der Waals surface area contributed by atoms with Crippen LogP contribution < -0.4 is 5.14 Å². The minimum absolute atomic E-state index is 0.539. The quantitative estimate of drug-likeness (QED) is 0.663. The second-order valence-corrected chi connectivity index (χ2v) is 6.01. The van der Waals surface area contributed by atoms with Crippen LogP contribution >= 0.6 is 11.8 Å². The first kappa shape index (κ1) is 10.3. The van der Waals surface area contributed by atoms with Gasteiger partial charge in [0.15, 0.2) is 0 Å². The van der Waals surface area contributed by atoms with Crippen molar-refractivity contribution in [3.8, 4) is 0 Å². The van der Waals surface area contributed by atoms with Crippen LogP contribution in [0.2, 0.25) is 0 Å². The molecule has 0 spiro atoms. The fraction of sp³-hybridized carbons (Fsp3) is 1.00. The zero-order valence-electron chi connectivity index (χ0n) is 7.06. The molecule has 0 aromatic rings. The van der Waals surface area contributed by atoms with Crippen molar-refractivity contribution < 1.29 is 8.42 Å². The molecule has 4 nitrogen and oxygen atoms in total. The SMILES string of the molecule is CC1CCN(S(N)(=O)=O)CCS1. The molecule has 0 saturated carbocycles. The molecule has 1 unspecified atom stereocenters. The molecular formula is C6H14N2O2S2. The molecule has 0 bridgehead atoms. The summed E-state index contributed by atoms with van der Waals surface area (Å²) >= 11 is 1.80. The van der Waals surface area contributed by atoms with Crippen LogP contribution in [0.15, 0.2) is 0 Å². The maximum atomic E-state index is 10.9. The van der Waals surface area contributed by atoms with Gasteiger partial charge in [-0.05, 0) is 6.42 Å². The maximum absolute atomic E-state index is 10.9. The molecule has 0 aliphatic carbocycles. The van der Waals surface area contributed by atoms with Crippen molar-refractivity contribution in [2.45, 2.75) is 18.6 Å². The molecule has 1 aliphatic rings. The van der Waals surface area contributed by atoms with Gasteiger partial charge in [-0.3, -0.25) is 0 Å². The van der Waals surface area contributed by atoms with E-state index in [4.69, 9.17) is 5.14 Å². The molecule has 0 radical (unpaired) electrons. The van der Waals surface area contributed by atoms with E-state index in [2.05, 4.69) is 6.92 Å². The van der Waals surface area contributed by atoms with Crippen LogP contribution in [0.5, 0.6) is 0 Å². The highest BCUT2D eigenvalue weighted by Gasteiger charge is 2.20. The predicted octanol–water partition coefficient (Wildman–Crippen LogP) is 0.0173. The monoisotopic (exact) mass is 210 g/mol. The molecule has 1 saturated heterocycles. The van der Waals surface area contributed by atoms with Gasteiger partial charge in [-0.15, -0.1) is 0 Å². The van der Waals surface area contributed by atoms with Crippen LogP contribution in [0.1, 0.15) is 13.3 Å². The largest absolute Gasteiger partial charge is 0.276 e. The van der Waals surface area contributed by atoms with Gasteiger partial charge in [-0.1, -0.05) is 6.92 Å². The molecule has 1 heterocycles. The third-order valence-electron chi connectivity index (χ3n) is 1.89. The van der Waals surface area contributed by atoms with Gasteiger partial charge in [0.1, 0.15) is 0 Å². The lowest BCUT2D eigenvalue weighted by Gasteiger charge is -2.15. The molecule has 1 fully saturated rings. The summed E-state index contributed by atoms with van der Waals surface area (Å²) in [6, 6.07) is 0. The normalized spacial score (nSPS) is 28.3. The Kier molecular flexibility index (Phi) is 3.39. The number of thioether (sulfide) groups is 1. The summed E-state index contributed by atoms with van der Waals surface area (Å²) in [5, 5.41) is 5.55. The van der Waals surface area contributed by atoms with E-state index in [0.717, 1.165) is 12.2 Å². The van der Waals surface area contributed by atoms with Crippen molar-refractivity contribution in [2.75, 3.05) is 18.8 Å². The second kappa shape index (κ2) is 3.95. The van der Waals surface area contributed by atoms with E-state index in [1.807, 2.05) is 0 Å². The highest BCUT2D eigenvalue weighted by Crippen LogP contribution is 2.19. The van der Waals surface area contributed by atoms with Crippen molar-refractivity contribution >= 4 is 22.0 Å². The zero-order valence-corrected chi connectivity index (χ0v) is 8.70. The summed E-state index contributed by atoms with van der Waals surface area (Å²) < 4.78 is 23.2. The van der Waals surface area contributed by atoms with Crippen molar-refractivity contribution in [2.24, 2.45) is 5.14 Å². The van der Waals surface area contributed by atoms with Crippen molar-refractivity contribution in [3.05, 3.63) is 0 Å². The molecule has 0 aromatic carbocycles. The summed E-state index contributed by atoms with van der Waals surface area (Å²) in [5.41, 5.74) is 0. The highest BCUT2D eigenvalue weighted by molar-refractivity contribution is 7.99. The van der Waals surface area contributed by atoms with E-state index in [-0.39, 0.29) is 0 Å². The first-order chi connectivity index (χ1) is 5.50. The third-order valence-corrected chi connectivity index (χ3v) is 4.20. The maximum Gasteiger partial charge on any atom is 0.276 e. The lowest BCUT2D eigenvalue weighted by atomic mass is 10.3. The number of hydrogen-bond donors (Lipinski definition) is 1. The Morgan fingerprint density at radius 3 is 2.75 bits per heavy atom. The van der Waals surface area contributed by atoms with Crippen LogP contribution in [-0.4, -0.2) is 36.8 Å². The van der Waals surface area contributed by atoms with Gasteiger partial charge in [0, 0.05) is 24.1 Å². The van der Waals surface area contributed by atoms with E-state index in [9.17, 15) is 8.42 Å². The minimum Gasteiger partial charge on any atom is -0.216 e. The van der Waals surface area contributed by atoms with E-state index >= 15 is 0 Å². The molecule has 1 atom stereocenters. The van der Waals surface area contributed by atoms with Gasteiger partial charge in [0.05, 0.1) is 0 Å². The van der Waals surface area contributed by atoms with Crippen LogP contribution in [-0.2, 0) is 10.2 Å². The number of hydrogen-bond acceptors (Lipinski definition) is 3. The van der Waals surface area contributed by atoms with Crippen LogP contribution in [0.25, 0.3) is 0 Å². The summed E-state index contributed by atoms with van der Waals surface area (Å²) in [5.74, 6) is 0.845. The molecule has 1 rings (SSSR count). The third kappa shape index (κ3) is 2.93. The molecule has 6 heteroatoms. The van der Waals surface area contributed by atoms with E-state index in [1.54, 1.807) is 11.8 Å². The van der Waals surface area contributed by atoms with Gasteiger partial charge in [0.25, 0.3) is 10.2 Å². The van der Waals surface area contributed by atoms with Crippen LogP contribution in [0, 0.1) is 0 Å². The Hall–Kier alpha value is 0.220. The zero-order chi connectivity index (χ0) is 9.19. The topological polar surface area (TPSA) is 63.4 Å². The second-order valence-electron chi connectivity index (χ2n) is 2.91. The summed E-state index contributed by atoms with van der Waals surface area (Å²) in [4.78, 5) is 0. The Balaban J connectivity index is 2.58. The standard InChI is InChI=1S/C6H14N2O2S2/c1-6-2-3-8(4-5-11-6)12(7,9)10/h6H,2-5H2,1H3,(H2,7,9,10). The summed E-state index contributed by atoms with van der Waals surface area (Å²) in [7, 11) is -3.45. The minimum atomic E-state index is -3.45. The fourth-order valence-corrected chi connectivity index (χ4v) is 2.95. The molecule has 72 valence electrons. The molecule has 2 N–H and O–H groups in total. The Morgan fingerprint density at radius 1 is 1.50 bits per heavy atom. The average molecular weight is 210 g/mol. The molecule has 1 aliphatic heterocycles. The predicted molar refractivity (Wildman–Crippen MR) is 51.2 cm³/mol. The first-order valence-electron chi connectivity index (χ1n) is 3.89. The molecule has 0 aromatic heterocycles. The van der Waals surface area contributed by atoms with Gasteiger partial charge in [0.2, 0.25) is 0 Å². The molecule has 12 heavy (non-hydrogen) atoms. The number of nitrogens with zero attached hydrogens (tertiary/aromatic N) is 1. The first-order valence-corrected chi connectivity index (χ1v) is 6.45. The van der Waals surface area contributed by atoms with Crippen LogP contribution in [0.4, 0.5) is 0 Å². The number of nitrogens with two attached hydrogens (primary N) is 1. The Labute approximate surface area is 77.7 Å². The van der Waals surface area contributed by atoms with Crippen LogP contribution in [0.3, 0.4) is 0 Å². The van der Waals surface area contributed by atoms with Crippen molar-refractivity contribution in [1.82, 2.24) is 4.31 Å². The smallest absolute Gasteiger partial charge is 0.216 e. The lowest BCUT2D eigenvalue weighted by molar-refractivity contribution is 0.430. The van der Waals surface area contributed by atoms with Gasteiger partial charge in [-0.25, -0.2) is 5.14 Å². The van der Waals surface area contributed by atoms with Gasteiger partial charge < -0.3 is 0 Å². The summed E-state index contributed by atoms with van der Waals surface area (Å²) in [6.45, 7) is 3.22. The van der Waals surface area contributed by atoms with Gasteiger partial charge in [-0.2, -0.15) is 24.5 Å². The molecular weight excluding hydrogens is 196 g/mol. The van der Waals surface area contributed by atoms with Crippen molar-refractivity contribution in [3.63, 3.8) is 0 Å². The average Bonchev–Trinajstić information content (AvgIpc) is 2.11. The van der Waals surface area contributed by atoms with E-state index < -0.39 is 10.2 Å². The Morgan fingerprint density at radius 2 is 2.17 bits per heavy atom. The fourth-order valence-electron chi connectivity index (χ4n) is 1.13. The van der Waals surface area contributed by atoms with Crippen molar-refractivity contribution in [1.29, 1.82) is 0 Å². The van der Waals surface area contributed by atoms with E-state index in [0.29, 0.717) is 18.3 Å². The Bertz CT molecular complexity index is 240. The van der Waals surface area contributed by atoms with E-state index in [1.165, 1.54) is 4.31 Å². The van der Waals surface area contributed by atoms with Gasteiger partial charge >= 0.3 is 0 Å². The lowest BCUT2D eigenvalue weighted by Crippen LogP contribution is -2.38. The highest BCUT2D eigenvalue weighted by atomic mass is 32.2. The number of rotatable bonds is 1. The molecule has 0 amide bonds.